The van der Waals surface area contributed by atoms with Gasteiger partial charge >= 0.3 is 5.88 Å². The number of benzene rings is 1. The van der Waals surface area contributed by atoms with Crippen molar-refractivity contribution in [3.63, 3.8) is 0 Å². The number of anilines is 1. The van der Waals surface area contributed by atoms with Gasteiger partial charge in [0.25, 0.3) is 6.20 Å². The zero-order valence-corrected chi connectivity index (χ0v) is 16.3. The van der Waals surface area contributed by atoms with Crippen molar-refractivity contribution in [3.05, 3.63) is 47.5 Å². The van der Waals surface area contributed by atoms with Crippen LogP contribution in [0.15, 0.2) is 52.1 Å². The highest BCUT2D eigenvalue weighted by Crippen LogP contribution is 2.35. The van der Waals surface area contributed by atoms with E-state index in [9.17, 15) is 5.11 Å². The lowest BCUT2D eigenvalue weighted by molar-refractivity contribution is -0.765. The molecular weight excluding hydrogens is 390 g/mol. The Labute approximate surface area is 169 Å². The lowest BCUT2D eigenvalue weighted by Crippen LogP contribution is -2.32. The first kappa shape index (κ1) is 17.6. The molecule has 0 unspecified atom stereocenters. The molecule has 3 aromatic heterocycles. The largest absolute Gasteiger partial charge is 0.857 e. The highest BCUT2D eigenvalue weighted by Gasteiger charge is 2.35. The number of nitrogens with zero attached hydrogens (tertiary/aromatic N) is 4. The third-order valence-corrected chi connectivity index (χ3v) is 5.88. The fourth-order valence-corrected chi connectivity index (χ4v) is 4.02. The average molecular weight is 407 g/mol. The average Bonchev–Trinajstić information content (AvgIpc) is 3.41. The number of nitrogens with two attached hydrogens (primary N) is 1. The van der Waals surface area contributed by atoms with Gasteiger partial charge in [-0.2, -0.15) is 0 Å². The third-order valence-electron chi connectivity index (χ3n) is 4.78. The first-order chi connectivity index (χ1) is 14.1. The molecule has 2 N–H and O–H groups in total. The molecule has 0 bridgehead atoms. The standard InChI is InChI=1S/C20H17N5O3S/c1-27-13-6-2-11(3-7-13)15-9-8-14-17(21)18(29-20(14)22-15)19(26)23-16-10-25(24-28-16)12-4-5-12/h2-3,6-10,12H,4-5H2,1H3,(H2-,21,23,24,26). The molecule has 0 saturated heterocycles. The molecule has 0 radical (unpaired) electrons. The minimum atomic E-state index is -0.462. The fourth-order valence-electron chi connectivity index (χ4n) is 3.04. The summed E-state index contributed by atoms with van der Waals surface area (Å²) >= 11 is 1.22. The Morgan fingerprint density at radius 1 is 1.28 bits per heavy atom. The normalized spacial score (nSPS) is 14.4. The summed E-state index contributed by atoms with van der Waals surface area (Å²) < 4.78 is 12.0. The maximum absolute atomic E-state index is 12.6. The van der Waals surface area contributed by atoms with Crippen molar-refractivity contribution in [1.82, 2.24) is 10.3 Å². The molecule has 1 fully saturated rings. The molecule has 1 saturated carbocycles. The molecule has 3 heterocycles. The van der Waals surface area contributed by atoms with E-state index in [2.05, 4.69) is 15.2 Å². The second-order valence-electron chi connectivity index (χ2n) is 6.79. The highest BCUT2D eigenvalue weighted by atomic mass is 32.1. The Morgan fingerprint density at radius 2 is 2.07 bits per heavy atom. The summed E-state index contributed by atoms with van der Waals surface area (Å²) in [6.07, 6.45) is 3.77. The van der Waals surface area contributed by atoms with Crippen molar-refractivity contribution in [3.8, 4) is 17.0 Å². The molecule has 4 aromatic rings. The van der Waals surface area contributed by atoms with Crippen LogP contribution in [0.3, 0.4) is 0 Å². The number of methoxy groups -OCH3 is 1. The van der Waals surface area contributed by atoms with Gasteiger partial charge in [0, 0.05) is 29.7 Å². The number of hydrogen-bond acceptors (Lipinski definition) is 8. The van der Waals surface area contributed by atoms with Crippen LogP contribution in [0.4, 0.5) is 11.6 Å². The Hall–Kier alpha value is -3.46. The minimum Gasteiger partial charge on any atom is -0.857 e. The highest BCUT2D eigenvalue weighted by molar-refractivity contribution is 7.21. The molecule has 8 nitrogen and oxygen atoms in total. The molecule has 0 spiro atoms. The van der Waals surface area contributed by atoms with Gasteiger partial charge in [-0.05, 0) is 41.1 Å². The number of ether oxygens (including phenoxy) is 1. The van der Waals surface area contributed by atoms with E-state index in [0.29, 0.717) is 21.4 Å². The van der Waals surface area contributed by atoms with Crippen LogP contribution >= 0.6 is 11.3 Å². The van der Waals surface area contributed by atoms with Crippen LogP contribution in [0.1, 0.15) is 23.8 Å². The summed E-state index contributed by atoms with van der Waals surface area (Å²) in [5, 5.41) is 17.3. The molecule has 0 atom stereocenters. The van der Waals surface area contributed by atoms with E-state index in [1.807, 2.05) is 36.4 Å². The SMILES string of the molecule is COc1ccc(-c2ccc3c(N)c(/C([O-])=N/c4c[n+](C5CC5)no4)sc3n2)cc1. The zero-order chi connectivity index (χ0) is 20.0. The van der Waals surface area contributed by atoms with Gasteiger partial charge < -0.3 is 15.6 Å². The zero-order valence-electron chi connectivity index (χ0n) is 15.5. The predicted octanol–water partition coefficient (Wildman–Crippen LogP) is 2.60. The van der Waals surface area contributed by atoms with E-state index in [-0.39, 0.29) is 5.88 Å². The maximum atomic E-state index is 12.6. The van der Waals surface area contributed by atoms with Gasteiger partial charge in [0.1, 0.15) is 10.6 Å². The number of aromatic nitrogens is 3. The second kappa shape index (κ2) is 6.85. The van der Waals surface area contributed by atoms with Crippen molar-refractivity contribution in [1.29, 1.82) is 0 Å². The predicted molar refractivity (Wildman–Crippen MR) is 107 cm³/mol. The molecule has 1 aliphatic carbocycles. The van der Waals surface area contributed by atoms with Crippen molar-refractivity contribution in [2.45, 2.75) is 18.9 Å². The van der Waals surface area contributed by atoms with Gasteiger partial charge in [0.05, 0.1) is 23.4 Å². The van der Waals surface area contributed by atoms with Gasteiger partial charge in [-0.1, -0.05) is 0 Å². The molecule has 146 valence electrons. The summed E-state index contributed by atoms with van der Waals surface area (Å²) in [6, 6.07) is 11.7. The Balaban J connectivity index is 1.48. The maximum Gasteiger partial charge on any atom is 0.320 e. The monoisotopic (exact) mass is 407 g/mol. The first-order valence-electron chi connectivity index (χ1n) is 9.10. The van der Waals surface area contributed by atoms with E-state index in [0.717, 1.165) is 35.2 Å². The number of hydrogen-bond donors (Lipinski definition) is 1. The van der Waals surface area contributed by atoms with Crippen LogP contribution in [0.2, 0.25) is 0 Å². The summed E-state index contributed by atoms with van der Waals surface area (Å²) in [7, 11) is 1.63. The summed E-state index contributed by atoms with van der Waals surface area (Å²) in [4.78, 5) is 9.71. The smallest absolute Gasteiger partial charge is 0.320 e. The van der Waals surface area contributed by atoms with E-state index in [1.165, 1.54) is 11.3 Å². The van der Waals surface area contributed by atoms with Gasteiger partial charge in [-0.15, -0.1) is 11.3 Å². The van der Waals surface area contributed by atoms with Crippen LogP contribution in [0.25, 0.3) is 21.5 Å². The third kappa shape index (κ3) is 3.29. The Kier molecular flexibility index (Phi) is 4.17. The molecular formula is C20H17N5O3S. The molecule has 1 aromatic carbocycles. The number of pyridine rings is 1. The van der Waals surface area contributed by atoms with Crippen LogP contribution in [0, 0.1) is 0 Å². The summed E-state index contributed by atoms with van der Waals surface area (Å²) in [6.45, 7) is 0. The number of fused-ring (bicyclic) bond motifs is 1. The van der Waals surface area contributed by atoms with E-state index < -0.39 is 5.90 Å². The summed E-state index contributed by atoms with van der Waals surface area (Å²) in [5.41, 5.74) is 8.32. The van der Waals surface area contributed by atoms with Crippen molar-refractivity contribution >= 4 is 39.0 Å². The van der Waals surface area contributed by atoms with E-state index in [1.54, 1.807) is 18.0 Å². The molecule has 9 heteroatoms. The van der Waals surface area contributed by atoms with Gasteiger partial charge in [0.15, 0.2) is 6.04 Å². The topological polar surface area (TPSA) is 113 Å². The Morgan fingerprint density at radius 3 is 2.79 bits per heavy atom. The number of aliphatic imine (C=N–C) groups is 1. The molecule has 1 aliphatic rings. The quantitative estimate of drug-likeness (QED) is 0.309. The number of nitrogen functional groups attached to an aromatic ring is 1. The molecule has 29 heavy (non-hydrogen) atoms. The molecule has 0 amide bonds. The van der Waals surface area contributed by atoms with Crippen molar-refractivity contribution < 1.29 is 19.0 Å². The van der Waals surface area contributed by atoms with E-state index >= 15 is 0 Å². The number of thiophene rings is 1. The summed E-state index contributed by atoms with van der Waals surface area (Å²) in [5.74, 6) is 0.487. The Bertz CT molecular complexity index is 1220. The van der Waals surface area contributed by atoms with Crippen molar-refractivity contribution in [2.24, 2.45) is 4.99 Å². The fraction of sp³-hybridized carbons (Fsp3) is 0.200. The second-order valence-corrected chi connectivity index (χ2v) is 7.79. The lowest BCUT2D eigenvalue weighted by atomic mass is 10.1. The van der Waals surface area contributed by atoms with Gasteiger partial charge in [-0.25, -0.2) is 9.98 Å². The minimum absolute atomic E-state index is 0.172. The van der Waals surface area contributed by atoms with Crippen LogP contribution in [-0.2, 0) is 0 Å². The van der Waals surface area contributed by atoms with Gasteiger partial charge in [-0.3, -0.25) is 4.52 Å². The molecule has 0 aliphatic heterocycles. The molecule has 5 rings (SSSR count). The van der Waals surface area contributed by atoms with Crippen LogP contribution in [-0.4, -0.2) is 23.3 Å². The van der Waals surface area contributed by atoms with Gasteiger partial charge in [0.2, 0.25) is 5.27 Å². The lowest BCUT2D eigenvalue weighted by Gasteiger charge is -2.06. The number of rotatable bonds is 5. The van der Waals surface area contributed by atoms with Crippen LogP contribution in [0.5, 0.6) is 5.75 Å². The van der Waals surface area contributed by atoms with Crippen molar-refractivity contribution in [2.75, 3.05) is 12.8 Å². The van der Waals surface area contributed by atoms with Crippen LogP contribution < -0.4 is 20.3 Å². The first-order valence-corrected chi connectivity index (χ1v) is 9.91. The van der Waals surface area contributed by atoms with E-state index in [4.69, 9.17) is 15.0 Å².